The number of hydrogen-bond donors (Lipinski definition) is 0. The lowest BCUT2D eigenvalue weighted by molar-refractivity contribution is -0.147. The number of methoxy groups -OCH3 is 1. The van der Waals surface area contributed by atoms with Crippen molar-refractivity contribution in [2.45, 2.75) is 26.3 Å². The minimum absolute atomic E-state index is 0.199. The third-order valence-electron chi connectivity index (χ3n) is 3.42. The Balaban J connectivity index is 2.52. The predicted octanol–water partition coefficient (Wildman–Crippen LogP) is 2.52. The van der Waals surface area contributed by atoms with E-state index in [-0.39, 0.29) is 11.5 Å². The normalized spacial score (nSPS) is 12.1. The van der Waals surface area contributed by atoms with Crippen LogP contribution in [0.1, 0.15) is 26.3 Å². The molecule has 112 valence electrons. The van der Waals surface area contributed by atoms with Gasteiger partial charge in [-0.1, -0.05) is 6.92 Å². The van der Waals surface area contributed by atoms with Crippen molar-refractivity contribution >= 4 is 16.7 Å². The first kappa shape index (κ1) is 15.1. The summed E-state index contributed by atoms with van der Waals surface area (Å²) in [5.41, 5.74) is -0.199. The lowest BCUT2D eigenvalue weighted by Crippen LogP contribution is -2.30. The van der Waals surface area contributed by atoms with E-state index in [1.807, 2.05) is 6.92 Å². The van der Waals surface area contributed by atoms with E-state index in [2.05, 4.69) is 0 Å². The molecule has 5 nitrogen and oxygen atoms in total. The highest BCUT2D eigenvalue weighted by atomic mass is 16.5. The number of carbonyl (C=O) groups is 1. The van der Waals surface area contributed by atoms with Crippen LogP contribution in [0.5, 0.6) is 5.75 Å². The molecular formula is C16H19NO4. The zero-order valence-electron chi connectivity index (χ0n) is 12.5. The largest absolute Gasteiger partial charge is 0.497 e. The molecule has 5 heteroatoms. The van der Waals surface area contributed by atoms with Gasteiger partial charge in [0.2, 0.25) is 0 Å². The molecule has 0 N–H and O–H groups in total. The van der Waals surface area contributed by atoms with Gasteiger partial charge in [-0.05, 0) is 43.0 Å². The highest BCUT2D eigenvalue weighted by Gasteiger charge is 2.21. The van der Waals surface area contributed by atoms with Crippen molar-refractivity contribution < 1.29 is 14.3 Å². The molecule has 1 unspecified atom stereocenters. The number of aromatic nitrogens is 1. The van der Waals surface area contributed by atoms with Crippen molar-refractivity contribution in [3.05, 3.63) is 40.8 Å². The van der Waals surface area contributed by atoms with Gasteiger partial charge in [0.1, 0.15) is 11.8 Å². The molecule has 0 saturated heterocycles. The van der Waals surface area contributed by atoms with Gasteiger partial charge in [-0.15, -0.1) is 0 Å². The molecule has 1 heterocycles. The maximum Gasteiger partial charge on any atom is 0.329 e. The van der Waals surface area contributed by atoms with Crippen LogP contribution >= 0.6 is 0 Å². The van der Waals surface area contributed by atoms with Crippen molar-refractivity contribution in [3.63, 3.8) is 0 Å². The second kappa shape index (κ2) is 6.43. The van der Waals surface area contributed by atoms with Crippen LogP contribution in [0, 0.1) is 0 Å². The summed E-state index contributed by atoms with van der Waals surface area (Å²) in [6.45, 7) is 3.90. The van der Waals surface area contributed by atoms with Crippen LogP contribution in [0.25, 0.3) is 10.8 Å². The SMILES string of the molecule is CCOC(=O)C(CC)n1ccc2cc(OC)ccc2c1=O. The average molecular weight is 289 g/mol. The number of nitrogens with zero attached hydrogens (tertiary/aromatic N) is 1. The van der Waals surface area contributed by atoms with Crippen LogP contribution in [0.4, 0.5) is 0 Å². The fourth-order valence-corrected chi connectivity index (χ4v) is 2.33. The Bertz CT molecular complexity index is 705. The van der Waals surface area contributed by atoms with E-state index in [1.165, 1.54) is 4.57 Å². The number of hydrogen-bond acceptors (Lipinski definition) is 4. The van der Waals surface area contributed by atoms with Gasteiger partial charge >= 0.3 is 5.97 Å². The molecule has 0 amide bonds. The summed E-state index contributed by atoms with van der Waals surface area (Å²) in [6.07, 6.45) is 2.13. The van der Waals surface area contributed by atoms with E-state index >= 15 is 0 Å². The minimum Gasteiger partial charge on any atom is -0.497 e. The van der Waals surface area contributed by atoms with Gasteiger partial charge in [-0.3, -0.25) is 4.79 Å². The zero-order valence-corrected chi connectivity index (χ0v) is 12.5. The smallest absolute Gasteiger partial charge is 0.329 e. The lowest BCUT2D eigenvalue weighted by Gasteiger charge is -2.17. The summed E-state index contributed by atoms with van der Waals surface area (Å²) in [4.78, 5) is 24.5. The van der Waals surface area contributed by atoms with Gasteiger partial charge in [0.15, 0.2) is 0 Å². The Morgan fingerprint density at radius 1 is 1.29 bits per heavy atom. The first-order valence-electron chi connectivity index (χ1n) is 6.97. The predicted molar refractivity (Wildman–Crippen MR) is 80.7 cm³/mol. The first-order chi connectivity index (χ1) is 10.1. The highest BCUT2D eigenvalue weighted by Crippen LogP contribution is 2.19. The van der Waals surface area contributed by atoms with Crippen molar-refractivity contribution in [1.82, 2.24) is 4.57 Å². The molecule has 0 spiro atoms. The standard InChI is InChI=1S/C16H19NO4/c1-4-14(16(19)21-5-2)17-9-8-11-10-12(20-3)6-7-13(11)15(17)18/h6-10,14H,4-5H2,1-3H3. The topological polar surface area (TPSA) is 57.5 Å². The Hall–Kier alpha value is -2.30. The number of fused-ring (bicyclic) bond motifs is 1. The fraction of sp³-hybridized carbons (Fsp3) is 0.375. The fourth-order valence-electron chi connectivity index (χ4n) is 2.33. The van der Waals surface area contributed by atoms with Crippen LogP contribution < -0.4 is 10.3 Å². The number of rotatable bonds is 5. The Kier molecular flexibility index (Phi) is 4.62. The second-order valence-electron chi connectivity index (χ2n) is 4.66. The summed E-state index contributed by atoms with van der Waals surface area (Å²) >= 11 is 0. The Morgan fingerprint density at radius 3 is 2.67 bits per heavy atom. The molecule has 0 aliphatic carbocycles. The van der Waals surface area contributed by atoms with Crippen LogP contribution in [0.2, 0.25) is 0 Å². The van der Waals surface area contributed by atoms with Gasteiger partial charge in [-0.25, -0.2) is 4.79 Å². The molecule has 0 aliphatic rings. The van der Waals surface area contributed by atoms with Crippen LogP contribution in [0.15, 0.2) is 35.3 Å². The van der Waals surface area contributed by atoms with E-state index in [4.69, 9.17) is 9.47 Å². The number of pyridine rings is 1. The molecule has 0 fully saturated rings. The molecule has 0 radical (unpaired) electrons. The highest BCUT2D eigenvalue weighted by molar-refractivity contribution is 5.83. The van der Waals surface area contributed by atoms with Crippen molar-refractivity contribution in [3.8, 4) is 5.75 Å². The van der Waals surface area contributed by atoms with Gasteiger partial charge in [0, 0.05) is 11.6 Å². The monoisotopic (exact) mass is 289 g/mol. The van der Waals surface area contributed by atoms with E-state index < -0.39 is 6.04 Å². The summed E-state index contributed by atoms with van der Waals surface area (Å²) in [6, 6.07) is 6.46. The molecule has 2 aromatic rings. The summed E-state index contributed by atoms with van der Waals surface area (Å²) in [7, 11) is 1.58. The molecule has 0 saturated carbocycles. The van der Waals surface area contributed by atoms with Crippen LogP contribution in [-0.2, 0) is 9.53 Å². The quantitative estimate of drug-likeness (QED) is 0.794. The number of ether oxygens (including phenoxy) is 2. The number of benzene rings is 1. The number of carbonyl (C=O) groups excluding carboxylic acids is 1. The van der Waals surface area contributed by atoms with E-state index in [1.54, 1.807) is 44.5 Å². The van der Waals surface area contributed by atoms with Crippen LogP contribution in [-0.4, -0.2) is 24.3 Å². The molecular weight excluding hydrogens is 270 g/mol. The maximum absolute atomic E-state index is 12.6. The van der Waals surface area contributed by atoms with Gasteiger partial charge in [-0.2, -0.15) is 0 Å². The number of esters is 1. The second-order valence-corrected chi connectivity index (χ2v) is 4.66. The van der Waals surface area contributed by atoms with Gasteiger partial charge in [0.25, 0.3) is 5.56 Å². The molecule has 2 rings (SSSR count). The molecule has 1 aromatic carbocycles. The average Bonchev–Trinajstić information content (AvgIpc) is 2.50. The van der Waals surface area contributed by atoms with Crippen LogP contribution in [0.3, 0.4) is 0 Å². The van der Waals surface area contributed by atoms with Gasteiger partial charge in [0.05, 0.1) is 13.7 Å². The Labute approximate surface area is 123 Å². The first-order valence-corrected chi connectivity index (χ1v) is 6.97. The molecule has 21 heavy (non-hydrogen) atoms. The molecule has 1 aromatic heterocycles. The van der Waals surface area contributed by atoms with E-state index in [0.717, 1.165) is 5.39 Å². The van der Waals surface area contributed by atoms with E-state index in [0.29, 0.717) is 24.2 Å². The van der Waals surface area contributed by atoms with Crippen molar-refractivity contribution in [1.29, 1.82) is 0 Å². The summed E-state index contributed by atoms with van der Waals surface area (Å²) in [5.74, 6) is 0.312. The summed E-state index contributed by atoms with van der Waals surface area (Å²) < 4.78 is 11.6. The zero-order chi connectivity index (χ0) is 15.4. The molecule has 0 bridgehead atoms. The molecule has 0 aliphatic heterocycles. The maximum atomic E-state index is 12.6. The van der Waals surface area contributed by atoms with Gasteiger partial charge < -0.3 is 14.0 Å². The van der Waals surface area contributed by atoms with Crippen molar-refractivity contribution in [2.24, 2.45) is 0 Å². The van der Waals surface area contributed by atoms with Crippen molar-refractivity contribution in [2.75, 3.05) is 13.7 Å². The third-order valence-corrected chi connectivity index (χ3v) is 3.42. The lowest BCUT2D eigenvalue weighted by atomic mass is 10.1. The Morgan fingerprint density at radius 2 is 2.05 bits per heavy atom. The molecule has 1 atom stereocenters. The minimum atomic E-state index is -0.594. The third kappa shape index (κ3) is 2.91. The van der Waals surface area contributed by atoms with E-state index in [9.17, 15) is 9.59 Å². The summed E-state index contributed by atoms with van der Waals surface area (Å²) in [5, 5.41) is 1.34.